The smallest absolute Gasteiger partial charge is 0.327 e. The second-order valence-electron chi connectivity index (χ2n) is 14.7. The van der Waals surface area contributed by atoms with Crippen molar-refractivity contribution in [1.29, 1.82) is 0 Å². The minimum atomic E-state index is -0.528. The first-order chi connectivity index (χ1) is 21.9. The summed E-state index contributed by atoms with van der Waals surface area (Å²) in [5, 5.41) is 2.70. The van der Waals surface area contributed by atoms with Gasteiger partial charge in [-0.25, -0.2) is 14.2 Å². The van der Waals surface area contributed by atoms with Crippen molar-refractivity contribution >= 4 is 34.7 Å². The molecule has 11 heteroatoms. The first-order valence-electron chi connectivity index (χ1n) is 16.7. The monoisotopic (exact) mass is 650 g/mol. The number of amides is 2. The molecule has 9 nitrogen and oxygen atoms in total. The average molecular weight is 651 g/mol. The summed E-state index contributed by atoms with van der Waals surface area (Å²) in [6, 6.07) is 9.52. The number of hydrogen-bond acceptors (Lipinski definition) is 6. The number of pyridine rings is 1. The standard InChI is InChI=1S/C35H47FN6O3S/c1-21-18-23(19-22(2)38-21)30-25(8-6-9-26(30)36)33-41(17-13-35(3,4)5)32(44)28(46-33)20-29(43)40-15-11-24(12-16-40)42-27-10-7-14-37-31(27)39-34(42)45/h6-10,14,21-24,28,33,38H,11-13,15-20H2,1-5H3,(H,37,39,45)/t21-,22+,23?,28-,33+/m0/s1. The third-order valence-electron chi connectivity index (χ3n) is 9.88. The van der Waals surface area contributed by atoms with Gasteiger partial charge in [0.2, 0.25) is 11.8 Å². The molecule has 0 spiro atoms. The van der Waals surface area contributed by atoms with Gasteiger partial charge in [-0.3, -0.25) is 19.1 Å². The van der Waals surface area contributed by atoms with E-state index in [1.807, 2.05) is 28.0 Å². The second-order valence-corrected chi connectivity index (χ2v) is 16.0. The fourth-order valence-electron chi connectivity index (χ4n) is 7.64. The first-order valence-corrected chi connectivity index (χ1v) is 17.7. The highest BCUT2D eigenvalue weighted by molar-refractivity contribution is 8.01. The van der Waals surface area contributed by atoms with Crippen molar-refractivity contribution in [3.05, 3.63) is 64.0 Å². The summed E-state index contributed by atoms with van der Waals surface area (Å²) < 4.78 is 17.5. The van der Waals surface area contributed by atoms with E-state index in [0.29, 0.717) is 38.1 Å². The van der Waals surface area contributed by atoms with Gasteiger partial charge < -0.3 is 15.1 Å². The number of hydrogen-bond donors (Lipinski definition) is 2. The molecule has 0 aliphatic carbocycles. The maximum atomic E-state index is 15.7. The number of aromatic nitrogens is 3. The summed E-state index contributed by atoms with van der Waals surface area (Å²) in [4.78, 5) is 51.3. The number of carbonyl (C=O) groups is 2. The number of piperidine rings is 2. The van der Waals surface area contributed by atoms with Crippen LogP contribution in [0.2, 0.25) is 0 Å². The molecule has 5 atom stereocenters. The van der Waals surface area contributed by atoms with E-state index in [-0.39, 0.29) is 64.6 Å². The molecular formula is C35H47FN6O3S. The van der Waals surface area contributed by atoms with Gasteiger partial charge in [0.15, 0.2) is 5.65 Å². The fraction of sp³-hybridized carbons (Fsp3) is 0.600. The molecule has 46 heavy (non-hydrogen) atoms. The van der Waals surface area contributed by atoms with Gasteiger partial charge in [0.05, 0.1) is 10.8 Å². The van der Waals surface area contributed by atoms with Crippen molar-refractivity contribution in [3.8, 4) is 0 Å². The van der Waals surface area contributed by atoms with E-state index in [1.165, 1.54) is 11.8 Å². The molecule has 3 aliphatic rings. The van der Waals surface area contributed by atoms with Gasteiger partial charge in [-0.2, -0.15) is 0 Å². The van der Waals surface area contributed by atoms with Crippen LogP contribution in [0, 0.1) is 11.2 Å². The predicted molar refractivity (Wildman–Crippen MR) is 180 cm³/mol. The van der Waals surface area contributed by atoms with E-state index < -0.39 is 5.25 Å². The van der Waals surface area contributed by atoms with Gasteiger partial charge in [0.1, 0.15) is 11.2 Å². The Morgan fingerprint density at radius 2 is 1.78 bits per heavy atom. The van der Waals surface area contributed by atoms with Crippen LogP contribution in [0.3, 0.4) is 0 Å². The zero-order valence-electron chi connectivity index (χ0n) is 27.6. The van der Waals surface area contributed by atoms with Crippen LogP contribution in [-0.4, -0.2) is 73.1 Å². The lowest BCUT2D eigenvalue weighted by atomic mass is 9.81. The molecule has 3 aromatic rings. The van der Waals surface area contributed by atoms with Gasteiger partial charge in [-0.1, -0.05) is 32.9 Å². The van der Waals surface area contributed by atoms with Crippen molar-refractivity contribution in [2.24, 2.45) is 5.41 Å². The normalized spacial score (nSPS) is 26.3. The summed E-state index contributed by atoms with van der Waals surface area (Å²) in [7, 11) is 0. The minimum Gasteiger partial charge on any atom is -0.342 e. The number of carbonyl (C=O) groups excluding carboxylic acids is 2. The minimum absolute atomic E-state index is 0.0151. The Morgan fingerprint density at radius 1 is 1.07 bits per heavy atom. The van der Waals surface area contributed by atoms with Crippen LogP contribution in [0.4, 0.5) is 4.39 Å². The summed E-state index contributed by atoms with van der Waals surface area (Å²) in [6.45, 7) is 12.4. The Balaban J connectivity index is 1.19. The summed E-state index contributed by atoms with van der Waals surface area (Å²) >= 11 is 1.50. The highest BCUT2D eigenvalue weighted by atomic mass is 32.2. The lowest BCUT2D eigenvalue weighted by Crippen LogP contribution is -2.42. The van der Waals surface area contributed by atoms with Crippen LogP contribution in [0.1, 0.15) is 102 Å². The van der Waals surface area contributed by atoms with Gasteiger partial charge >= 0.3 is 5.69 Å². The molecule has 2 aromatic heterocycles. The maximum absolute atomic E-state index is 15.7. The third kappa shape index (κ3) is 6.76. The number of aromatic amines is 1. The van der Waals surface area contributed by atoms with Crippen molar-refractivity contribution < 1.29 is 14.0 Å². The number of nitrogens with zero attached hydrogens (tertiary/aromatic N) is 4. The molecule has 3 fully saturated rings. The quantitative estimate of drug-likeness (QED) is 0.338. The Morgan fingerprint density at radius 3 is 2.48 bits per heavy atom. The lowest BCUT2D eigenvalue weighted by molar-refractivity contribution is -0.136. The van der Waals surface area contributed by atoms with E-state index in [4.69, 9.17) is 0 Å². The molecule has 248 valence electrons. The maximum Gasteiger partial charge on any atom is 0.327 e. The molecule has 3 saturated heterocycles. The van der Waals surface area contributed by atoms with E-state index in [1.54, 1.807) is 22.9 Å². The fourth-order valence-corrected chi connectivity index (χ4v) is 9.15. The number of H-pyrrole nitrogens is 1. The van der Waals surface area contributed by atoms with Gasteiger partial charge in [-0.05, 0) is 86.6 Å². The van der Waals surface area contributed by atoms with E-state index in [0.717, 1.165) is 35.9 Å². The molecule has 1 aromatic carbocycles. The molecule has 5 heterocycles. The number of thioether (sulfide) groups is 1. The van der Waals surface area contributed by atoms with E-state index in [2.05, 4.69) is 49.9 Å². The van der Waals surface area contributed by atoms with Crippen molar-refractivity contribution in [2.75, 3.05) is 19.6 Å². The van der Waals surface area contributed by atoms with Crippen LogP contribution in [0.25, 0.3) is 11.2 Å². The Hall–Kier alpha value is -3.18. The summed E-state index contributed by atoms with van der Waals surface area (Å²) in [5.74, 6) is -0.234. The van der Waals surface area contributed by atoms with E-state index in [9.17, 15) is 14.4 Å². The number of imidazole rings is 1. The average Bonchev–Trinajstić information content (AvgIpc) is 3.50. The first kappa shape index (κ1) is 32.7. The van der Waals surface area contributed by atoms with Gasteiger partial charge in [0, 0.05) is 50.4 Å². The van der Waals surface area contributed by atoms with Crippen LogP contribution in [0.5, 0.6) is 0 Å². The molecule has 0 bridgehead atoms. The number of benzene rings is 1. The summed E-state index contributed by atoms with van der Waals surface area (Å²) in [6.07, 6.45) is 5.55. The highest BCUT2D eigenvalue weighted by Crippen LogP contribution is 2.49. The molecule has 0 saturated carbocycles. The van der Waals surface area contributed by atoms with Crippen LogP contribution < -0.4 is 11.0 Å². The number of nitrogens with one attached hydrogen (secondary N) is 2. The molecular weight excluding hydrogens is 603 g/mol. The molecule has 1 unspecified atom stereocenters. The largest absolute Gasteiger partial charge is 0.342 e. The van der Waals surface area contributed by atoms with Crippen molar-refractivity contribution in [3.63, 3.8) is 0 Å². The third-order valence-corrected chi connectivity index (χ3v) is 11.3. The number of likely N-dealkylation sites (tertiary alicyclic amines) is 1. The Kier molecular flexibility index (Phi) is 9.36. The molecule has 0 radical (unpaired) electrons. The molecule has 2 amide bonds. The SMILES string of the molecule is C[C@@H]1CC(c2c(F)cccc2[C@H]2S[C@@H](CC(=O)N3CCC(n4c(=O)[nH]c5ncccc54)CC3)C(=O)N2CCC(C)(C)C)C[C@H](C)N1. The number of halogens is 1. The van der Waals surface area contributed by atoms with Gasteiger partial charge in [0.25, 0.3) is 0 Å². The van der Waals surface area contributed by atoms with Crippen molar-refractivity contribution in [1.82, 2.24) is 29.7 Å². The highest BCUT2D eigenvalue weighted by Gasteiger charge is 2.44. The number of rotatable bonds is 7. The topological polar surface area (TPSA) is 103 Å². The van der Waals surface area contributed by atoms with Crippen LogP contribution in [-0.2, 0) is 9.59 Å². The van der Waals surface area contributed by atoms with Crippen molar-refractivity contribution in [2.45, 2.75) is 108 Å². The molecule has 6 rings (SSSR count). The Labute approximate surface area is 274 Å². The zero-order valence-corrected chi connectivity index (χ0v) is 28.4. The van der Waals surface area contributed by atoms with Crippen LogP contribution >= 0.6 is 11.8 Å². The van der Waals surface area contributed by atoms with Gasteiger partial charge in [-0.15, -0.1) is 11.8 Å². The molecule has 3 aliphatic heterocycles. The van der Waals surface area contributed by atoms with E-state index >= 15 is 4.39 Å². The molecule has 2 N–H and O–H groups in total. The predicted octanol–water partition coefficient (Wildman–Crippen LogP) is 5.74. The summed E-state index contributed by atoms with van der Waals surface area (Å²) in [5.41, 5.74) is 2.77. The second kappa shape index (κ2) is 13.1. The number of fused-ring (bicyclic) bond motifs is 1. The lowest BCUT2D eigenvalue weighted by Gasteiger charge is -2.36. The van der Waals surface area contributed by atoms with Crippen LogP contribution in [0.15, 0.2) is 41.3 Å². The Bertz CT molecular complexity index is 1630. The zero-order chi connectivity index (χ0) is 32.7.